The molecule has 0 spiro atoms. The second kappa shape index (κ2) is 6.18. The van der Waals surface area contributed by atoms with E-state index < -0.39 is 10.0 Å². The zero-order chi connectivity index (χ0) is 12.9. The van der Waals surface area contributed by atoms with Crippen LogP contribution in [0.3, 0.4) is 0 Å². The number of aryl methyl sites for hydroxylation is 1. The smallest absolute Gasteiger partial charge is 0.315 e. The molecule has 0 radical (unpaired) electrons. The number of hydrogen-bond donors (Lipinski definition) is 1. The number of hydrogen-bond acceptors (Lipinski definition) is 6. The molecule has 0 saturated heterocycles. The molecule has 0 aromatic carbocycles. The van der Waals surface area contributed by atoms with Crippen LogP contribution in [0.15, 0.2) is 4.42 Å². The van der Waals surface area contributed by atoms with Crippen molar-refractivity contribution in [2.75, 3.05) is 37.6 Å². The highest BCUT2D eigenvalue weighted by Gasteiger charge is 2.13. The lowest BCUT2D eigenvalue weighted by Gasteiger charge is -2.10. The van der Waals surface area contributed by atoms with E-state index in [4.69, 9.17) is 16.0 Å². The van der Waals surface area contributed by atoms with E-state index in [1.807, 2.05) is 0 Å². The molecule has 1 heterocycles. The van der Waals surface area contributed by atoms with Gasteiger partial charge in [0.2, 0.25) is 15.9 Å². The molecule has 0 aliphatic carbocycles. The maximum Gasteiger partial charge on any atom is 0.315 e. The van der Waals surface area contributed by atoms with E-state index in [0.29, 0.717) is 18.2 Å². The highest BCUT2D eigenvalue weighted by atomic mass is 35.5. The Morgan fingerprint density at radius 3 is 2.71 bits per heavy atom. The summed E-state index contributed by atoms with van der Waals surface area (Å²) in [6, 6.07) is 0.207. The van der Waals surface area contributed by atoms with Crippen molar-refractivity contribution in [3.63, 3.8) is 0 Å². The molecule has 0 fully saturated rings. The van der Waals surface area contributed by atoms with Gasteiger partial charge in [-0.25, -0.2) is 12.7 Å². The molecule has 0 unspecified atom stereocenters. The second-order valence-electron chi connectivity index (χ2n) is 3.47. The molecule has 0 aliphatic heterocycles. The summed E-state index contributed by atoms with van der Waals surface area (Å²) in [6.07, 6.45) is 0.492. The molecule has 0 atom stereocenters. The highest BCUT2D eigenvalue weighted by molar-refractivity contribution is 7.89. The van der Waals surface area contributed by atoms with Crippen molar-refractivity contribution in [1.29, 1.82) is 0 Å². The van der Waals surface area contributed by atoms with Gasteiger partial charge < -0.3 is 9.73 Å². The predicted octanol–water partition coefficient (Wildman–Crippen LogP) is 0.154. The van der Waals surface area contributed by atoms with Gasteiger partial charge in [-0.2, -0.15) is 0 Å². The zero-order valence-corrected chi connectivity index (χ0v) is 11.3. The minimum atomic E-state index is -3.21. The Morgan fingerprint density at radius 2 is 2.12 bits per heavy atom. The van der Waals surface area contributed by atoms with Crippen LogP contribution in [-0.4, -0.2) is 55.2 Å². The number of rotatable bonds is 7. The second-order valence-corrected chi connectivity index (χ2v) is 6.15. The fourth-order valence-corrected chi connectivity index (χ4v) is 1.86. The van der Waals surface area contributed by atoms with Gasteiger partial charge in [-0.05, 0) is 0 Å². The molecule has 17 heavy (non-hydrogen) atoms. The maximum atomic E-state index is 11.4. The fraction of sp³-hybridized carbons (Fsp3) is 0.750. The Balaban J connectivity index is 2.40. The van der Waals surface area contributed by atoms with Crippen LogP contribution >= 0.6 is 11.6 Å². The average molecular weight is 283 g/mol. The number of sulfonamides is 1. The van der Waals surface area contributed by atoms with E-state index in [9.17, 15) is 8.42 Å². The highest BCUT2D eigenvalue weighted by Crippen LogP contribution is 2.06. The Labute approximate surface area is 105 Å². The van der Waals surface area contributed by atoms with E-state index >= 15 is 0 Å². The third-order valence-corrected chi connectivity index (χ3v) is 3.99. The van der Waals surface area contributed by atoms with E-state index in [1.54, 1.807) is 0 Å². The number of nitrogens with one attached hydrogen (secondary N) is 1. The third kappa shape index (κ3) is 4.49. The molecule has 1 rings (SSSR count). The van der Waals surface area contributed by atoms with E-state index in [-0.39, 0.29) is 18.3 Å². The summed E-state index contributed by atoms with van der Waals surface area (Å²) < 4.78 is 29.2. The van der Waals surface area contributed by atoms with Crippen molar-refractivity contribution in [3.05, 3.63) is 5.89 Å². The molecular formula is C8H15ClN4O3S. The zero-order valence-electron chi connectivity index (χ0n) is 9.68. The minimum Gasteiger partial charge on any atom is -0.408 e. The first-order valence-corrected chi connectivity index (χ1v) is 7.12. The van der Waals surface area contributed by atoms with Gasteiger partial charge in [0.25, 0.3) is 0 Å². The molecule has 0 amide bonds. The Hall–Kier alpha value is -0.860. The number of halogens is 1. The van der Waals surface area contributed by atoms with E-state index in [0.717, 1.165) is 0 Å². The number of alkyl halides is 1. The molecule has 1 N–H and O–H groups in total. The summed E-state index contributed by atoms with van der Waals surface area (Å²) >= 11 is 5.51. The lowest BCUT2D eigenvalue weighted by molar-refractivity contribution is 0.510. The lowest BCUT2D eigenvalue weighted by Crippen LogP contribution is -2.28. The van der Waals surface area contributed by atoms with E-state index in [2.05, 4.69) is 15.5 Å². The van der Waals surface area contributed by atoms with Gasteiger partial charge in [-0.3, -0.25) is 0 Å². The van der Waals surface area contributed by atoms with Crippen molar-refractivity contribution in [1.82, 2.24) is 14.5 Å². The normalized spacial score (nSPS) is 12.0. The van der Waals surface area contributed by atoms with Gasteiger partial charge >= 0.3 is 6.01 Å². The largest absolute Gasteiger partial charge is 0.408 e. The summed E-state index contributed by atoms with van der Waals surface area (Å²) in [7, 11) is -0.238. The molecule has 0 bridgehead atoms. The standard InChI is InChI=1S/C8H15ClN4O3S/c1-13(2)17(14,15)6-5-10-8-12-11-7(16-8)3-4-9/h3-6H2,1-2H3,(H,10,12). The maximum absolute atomic E-state index is 11.4. The van der Waals surface area contributed by atoms with Crippen molar-refractivity contribution in [2.45, 2.75) is 6.42 Å². The van der Waals surface area contributed by atoms with Gasteiger partial charge in [0.15, 0.2) is 0 Å². The van der Waals surface area contributed by atoms with E-state index in [1.165, 1.54) is 18.4 Å². The van der Waals surface area contributed by atoms with Crippen LogP contribution in [0, 0.1) is 0 Å². The van der Waals surface area contributed by atoms with Crippen LogP contribution < -0.4 is 5.32 Å². The quantitative estimate of drug-likeness (QED) is 0.717. The molecule has 1 aromatic heterocycles. The molecule has 9 heteroatoms. The Morgan fingerprint density at radius 1 is 1.41 bits per heavy atom. The molecule has 0 saturated carbocycles. The van der Waals surface area contributed by atoms with Crippen molar-refractivity contribution < 1.29 is 12.8 Å². The Kier molecular flexibility index (Phi) is 5.16. The lowest BCUT2D eigenvalue weighted by atomic mass is 10.5. The summed E-state index contributed by atoms with van der Waals surface area (Å²) in [6.45, 7) is 0.211. The van der Waals surface area contributed by atoms with Crippen molar-refractivity contribution in [3.8, 4) is 0 Å². The molecular weight excluding hydrogens is 268 g/mol. The first-order valence-electron chi connectivity index (χ1n) is 4.98. The molecule has 1 aromatic rings. The molecule has 7 nitrogen and oxygen atoms in total. The van der Waals surface area contributed by atoms with Crippen molar-refractivity contribution >= 4 is 27.6 Å². The third-order valence-electron chi connectivity index (χ3n) is 1.97. The predicted molar refractivity (Wildman–Crippen MR) is 64.7 cm³/mol. The summed E-state index contributed by atoms with van der Waals surface area (Å²) in [5, 5.41) is 10.2. The molecule has 0 aliphatic rings. The Bertz CT molecular complexity index is 445. The van der Waals surface area contributed by atoms with Crippen LogP contribution in [0.25, 0.3) is 0 Å². The van der Waals surface area contributed by atoms with Crippen LogP contribution in [0.5, 0.6) is 0 Å². The van der Waals surface area contributed by atoms with Crippen LogP contribution in [0.2, 0.25) is 0 Å². The van der Waals surface area contributed by atoms with Crippen molar-refractivity contribution in [2.24, 2.45) is 0 Å². The van der Waals surface area contributed by atoms with Gasteiger partial charge in [-0.15, -0.1) is 16.7 Å². The SMILES string of the molecule is CN(C)S(=O)(=O)CCNc1nnc(CCCl)o1. The topological polar surface area (TPSA) is 88.3 Å². The minimum absolute atomic E-state index is 0.0345. The first-order chi connectivity index (χ1) is 7.95. The summed E-state index contributed by atoms with van der Waals surface area (Å²) in [5.41, 5.74) is 0. The summed E-state index contributed by atoms with van der Waals surface area (Å²) in [4.78, 5) is 0. The first kappa shape index (κ1) is 14.2. The summed E-state index contributed by atoms with van der Waals surface area (Å²) in [5.74, 6) is 0.794. The number of aromatic nitrogens is 2. The van der Waals surface area contributed by atoms with Gasteiger partial charge in [0.05, 0.1) is 5.75 Å². The van der Waals surface area contributed by atoms with Gasteiger partial charge in [-0.1, -0.05) is 5.10 Å². The monoisotopic (exact) mass is 282 g/mol. The number of anilines is 1. The average Bonchev–Trinajstić information content (AvgIpc) is 2.66. The molecule has 98 valence electrons. The fourth-order valence-electron chi connectivity index (χ4n) is 0.976. The van der Waals surface area contributed by atoms with Crippen LogP contribution in [-0.2, 0) is 16.4 Å². The van der Waals surface area contributed by atoms with Gasteiger partial charge in [0.1, 0.15) is 0 Å². The van der Waals surface area contributed by atoms with Gasteiger partial charge in [0, 0.05) is 32.9 Å². The van der Waals surface area contributed by atoms with Crippen LogP contribution in [0.1, 0.15) is 5.89 Å². The van der Waals surface area contributed by atoms with Crippen LogP contribution in [0.4, 0.5) is 6.01 Å². The number of nitrogens with zero attached hydrogens (tertiary/aromatic N) is 3.